The van der Waals surface area contributed by atoms with Crippen molar-refractivity contribution in [3.63, 3.8) is 0 Å². The number of nitrogens with one attached hydrogen (secondary N) is 2. The van der Waals surface area contributed by atoms with Gasteiger partial charge in [-0.1, -0.05) is 96.8 Å². The van der Waals surface area contributed by atoms with Gasteiger partial charge in [0.2, 0.25) is 0 Å². The number of aliphatic imine (C=N–C) groups is 1. The van der Waals surface area contributed by atoms with Crippen molar-refractivity contribution in [3.05, 3.63) is 23.5 Å². The second kappa shape index (κ2) is 28.0. The molecule has 1 fully saturated rings. The number of nitrogens with two attached hydrogens (primary N) is 1. The van der Waals surface area contributed by atoms with Crippen molar-refractivity contribution in [1.82, 2.24) is 4.98 Å². The van der Waals surface area contributed by atoms with E-state index in [4.69, 9.17) is 30.2 Å². The van der Waals surface area contributed by atoms with Gasteiger partial charge in [-0.05, 0) is 49.3 Å². The van der Waals surface area contributed by atoms with E-state index in [-0.39, 0.29) is 18.0 Å². The van der Waals surface area contributed by atoms with Gasteiger partial charge in [0.1, 0.15) is 12.2 Å². The van der Waals surface area contributed by atoms with E-state index in [2.05, 4.69) is 23.5 Å². The quantitative estimate of drug-likeness (QED) is 0.0325. The van der Waals surface area contributed by atoms with Crippen molar-refractivity contribution in [3.8, 4) is 6.57 Å². The molecule has 0 bridgehead atoms. The zero-order valence-corrected chi connectivity index (χ0v) is 28.2. The number of hydrogen-bond donors (Lipinski definition) is 4. The van der Waals surface area contributed by atoms with Crippen LogP contribution in [0, 0.1) is 17.2 Å². The summed E-state index contributed by atoms with van der Waals surface area (Å²) in [5.74, 6) is 2.55. The van der Waals surface area contributed by atoms with Crippen molar-refractivity contribution in [2.24, 2.45) is 10.7 Å². The Morgan fingerprint density at radius 3 is 2.19 bits per heavy atom. The van der Waals surface area contributed by atoms with Crippen LogP contribution in [0.25, 0.3) is 0 Å². The molecule has 0 saturated carbocycles. The molecule has 3 unspecified atom stereocenters. The van der Waals surface area contributed by atoms with Gasteiger partial charge >= 0.3 is 8.60 Å². The Balaban J connectivity index is 0.00000452. The average molecular weight is 640 g/mol. The van der Waals surface area contributed by atoms with Crippen LogP contribution in [0.3, 0.4) is 0 Å². The number of unbranched alkanes of at least 4 members (excludes halogenated alkanes) is 14. The molecule has 11 heteroatoms. The summed E-state index contributed by atoms with van der Waals surface area (Å²) in [5, 5.41) is 13.5. The normalized spacial score (nSPS) is 17.4. The SMILES string of the molecule is C#N.CCCCCCCCCCCCCCCCCSCCCOP(O)OCC1CCC(c2ccc(C(N)=NC=N)[nH]2)O1. The summed E-state index contributed by atoms with van der Waals surface area (Å²) in [6.07, 6.45) is 24.5. The third-order valence-electron chi connectivity index (χ3n) is 7.54. The molecule has 43 heavy (non-hydrogen) atoms. The summed E-state index contributed by atoms with van der Waals surface area (Å²) >= 11 is 1.98. The largest absolute Gasteiger partial charge is 0.382 e. The lowest BCUT2D eigenvalue weighted by Crippen LogP contribution is -2.15. The zero-order valence-electron chi connectivity index (χ0n) is 26.5. The fraction of sp³-hybridized carbons (Fsp3) is 0.781. The number of aromatic nitrogens is 1. The molecule has 0 spiro atoms. The number of aromatic amines is 1. The Kier molecular flexibility index (Phi) is 25.8. The number of nitrogens with zero attached hydrogens (tertiary/aromatic N) is 2. The summed E-state index contributed by atoms with van der Waals surface area (Å²) in [7, 11) is -1.87. The number of amidine groups is 1. The highest BCUT2D eigenvalue weighted by Crippen LogP contribution is 2.37. The highest BCUT2D eigenvalue weighted by Gasteiger charge is 2.28. The minimum absolute atomic E-state index is 0.0717. The molecule has 5 N–H and O–H groups in total. The minimum Gasteiger partial charge on any atom is -0.382 e. The van der Waals surface area contributed by atoms with Gasteiger partial charge in [-0.25, -0.2) is 10.3 Å². The third kappa shape index (κ3) is 20.2. The van der Waals surface area contributed by atoms with E-state index in [0.29, 0.717) is 18.9 Å². The number of hydrogen-bond acceptors (Lipinski definition) is 7. The molecule has 9 nitrogen and oxygen atoms in total. The molecule has 1 aliphatic heterocycles. The monoisotopic (exact) mass is 639 g/mol. The molecule has 0 aliphatic carbocycles. The fourth-order valence-corrected chi connectivity index (χ4v) is 6.70. The number of thioether (sulfide) groups is 1. The Morgan fingerprint density at radius 2 is 1.58 bits per heavy atom. The highest BCUT2D eigenvalue weighted by molar-refractivity contribution is 7.99. The van der Waals surface area contributed by atoms with E-state index >= 15 is 0 Å². The topological polar surface area (TPSA) is 150 Å². The summed E-state index contributed by atoms with van der Waals surface area (Å²) in [6, 6.07) is 3.76. The van der Waals surface area contributed by atoms with E-state index in [1.54, 1.807) is 0 Å². The van der Waals surface area contributed by atoms with E-state index < -0.39 is 8.60 Å². The van der Waals surface area contributed by atoms with Crippen molar-refractivity contribution in [2.75, 3.05) is 24.7 Å². The first-order valence-electron chi connectivity index (χ1n) is 16.4. The second-order valence-corrected chi connectivity index (χ2v) is 13.3. The van der Waals surface area contributed by atoms with Crippen molar-refractivity contribution in [2.45, 2.75) is 135 Å². The first kappa shape index (κ1) is 39.6. The Bertz CT molecular complexity index is 857. The van der Waals surface area contributed by atoms with Crippen LogP contribution in [0.2, 0.25) is 0 Å². The number of rotatable bonds is 27. The van der Waals surface area contributed by atoms with Gasteiger partial charge in [-0.15, -0.1) is 0 Å². The lowest BCUT2D eigenvalue weighted by molar-refractivity contribution is 0.0112. The van der Waals surface area contributed by atoms with E-state index in [0.717, 1.165) is 37.0 Å². The molecule has 1 aliphatic rings. The van der Waals surface area contributed by atoms with Gasteiger partial charge < -0.3 is 29.4 Å². The van der Waals surface area contributed by atoms with Crippen LogP contribution in [0.4, 0.5) is 0 Å². The first-order valence-corrected chi connectivity index (χ1v) is 18.7. The van der Waals surface area contributed by atoms with Gasteiger partial charge in [0.15, 0.2) is 0 Å². The van der Waals surface area contributed by atoms with E-state index in [9.17, 15) is 4.89 Å². The molecular formula is C32H58N5O4PS. The summed E-state index contributed by atoms with van der Waals surface area (Å²) in [5.41, 5.74) is 7.42. The smallest absolute Gasteiger partial charge is 0.329 e. The molecule has 1 aromatic heterocycles. The van der Waals surface area contributed by atoms with Crippen LogP contribution in [-0.4, -0.2) is 52.9 Å². The maximum Gasteiger partial charge on any atom is 0.329 e. The van der Waals surface area contributed by atoms with Gasteiger partial charge in [0.05, 0.1) is 31.1 Å². The molecule has 0 amide bonds. The number of nitriles is 1. The summed E-state index contributed by atoms with van der Waals surface area (Å²) < 4.78 is 17.1. The third-order valence-corrected chi connectivity index (χ3v) is 9.47. The predicted octanol–water partition coefficient (Wildman–Crippen LogP) is 8.93. The van der Waals surface area contributed by atoms with Gasteiger partial charge in [0.25, 0.3) is 0 Å². The van der Waals surface area contributed by atoms with Crippen LogP contribution in [-0.2, 0) is 13.8 Å². The van der Waals surface area contributed by atoms with Crippen molar-refractivity contribution in [1.29, 1.82) is 10.7 Å². The molecule has 246 valence electrons. The van der Waals surface area contributed by atoms with E-state index in [1.165, 1.54) is 102 Å². The Morgan fingerprint density at radius 1 is 1.00 bits per heavy atom. The molecule has 2 heterocycles. The molecule has 1 aromatic rings. The maximum absolute atomic E-state index is 10.1. The molecule has 2 rings (SSSR count). The predicted molar refractivity (Wildman–Crippen MR) is 182 cm³/mol. The molecule has 3 atom stereocenters. The van der Waals surface area contributed by atoms with E-state index in [1.807, 2.05) is 23.9 Å². The molecular weight excluding hydrogens is 581 g/mol. The Hall–Kier alpha value is -1.47. The minimum atomic E-state index is -1.87. The van der Waals surface area contributed by atoms with Crippen molar-refractivity contribution < 1.29 is 18.7 Å². The van der Waals surface area contributed by atoms with Crippen LogP contribution in [0.15, 0.2) is 17.1 Å². The van der Waals surface area contributed by atoms with Gasteiger partial charge in [-0.2, -0.15) is 11.8 Å². The highest BCUT2D eigenvalue weighted by atomic mass is 32.2. The molecule has 1 saturated heterocycles. The maximum atomic E-state index is 10.1. The lowest BCUT2D eigenvalue weighted by atomic mass is 10.0. The molecule has 0 radical (unpaired) electrons. The summed E-state index contributed by atoms with van der Waals surface area (Å²) in [4.78, 5) is 17.1. The average Bonchev–Trinajstić information content (AvgIpc) is 3.71. The van der Waals surface area contributed by atoms with Crippen molar-refractivity contribution >= 4 is 32.5 Å². The fourth-order valence-electron chi connectivity index (χ4n) is 5.11. The first-order chi connectivity index (χ1) is 21.1. The Labute approximate surface area is 266 Å². The van der Waals surface area contributed by atoms with Crippen LogP contribution in [0.1, 0.15) is 140 Å². The van der Waals surface area contributed by atoms with Crippen LogP contribution in [0.5, 0.6) is 0 Å². The second-order valence-electron chi connectivity index (χ2n) is 11.1. The van der Waals surface area contributed by atoms with Crippen LogP contribution < -0.4 is 5.73 Å². The summed E-state index contributed by atoms with van der Waals surface area (Å²) in [6.45, 7) is 6.62. The molecule has 0 aromatic carbocycles. The van der Waals surface area contributed by atoms with Gasteiger partial charge in [-0.3, -0.25) is 5.41 Å². The standard InChI is InChI=1S/C31H57N4O4PS.CHN/c1-2-3-4-5-6-7-8-9-10-11-12-13-14-15-16-23-41-24-17-22-37-40(36)38-25-27-18-21-30(39-27)28-19-20-29(35-28)31(33)34-26-32;1-2/h19-20,26-27,30,35-36H,2-18,21-25H2,1H3,(H3,32,33,34);1H. The van der Waals surface area contributed by atoms with Crippen LogP contribution >= 0.6 is 20.4 Å². The van der Waals surface area contributed by atoms with Gasteiger partial charge in [0, 0.05) is 12.3 Å². The number of ether oxygens (including phenoxy) is 1. The number of H-pyrrole nitrogens is 1. The zero-order chi connectivity index (χ0) is 31.4. The lowest BCUT2D eigenvalue weighted by Gasteiger charge is -2.15.